The molecule has 1 aliphatic rings. The second-order valence-electron chi connectivity index (χ2n) is 4.34. The molecule has 1 heterocycles. The summed E-state index contributed by atoms with van der Waals surface area (Å²) >= 11 is 5.14. The number of aryl methyl sites for hydroxylation is 1. The van der Waals surface area contributed by atoms with Crippen molar-refractivity contribution in [2.75, 3.05) is 6.54 Å². The summed E-state index contributed by atoms with van der Waals surface area (Å²) in [6.45, 7) is 4.57. The first-order chi connectivity index (χ1) is 8.09. The van der Waals surface area contributed by atoms with Crippen LogP contribution < -0.4 is 5.32 Å². The van der Waals surface area contributed by atoms with Crippen molar-refractivity contribution >= 4 is 23.2 Å². The lowest BCUT2D eigenvalue weighted by atomic mass is 10.1. The van der Waals surface area contributed by atoms with E-state index in [0.29, 0.717) is 11.7 Å². The van der Waals surface area contributed by atoms with Crippen molar-refractivity contribution in [3.8, 4) is 0 Å². The highest BCUT2D eigenvalue weighted by atomic mass is 32.1. The molecule has 0 unspecified atom stereocenters. The van der Waals surface area contributed by atoms with Gasteiger partial charge in [0.05, 0.1) is 0 Å². The Bertz CT molecular complexity index is 458. The largest absolute Gasteiger partial charge is 0.351 e. The molecule has 1 fully saturated rings. The number of benzene rings is 1. The molecule has 4 heteroatoms. The number of nitrogens with one attached hydrogen (secondary N) is 1. The molecule has 0 radical (unpaired) electrons. The molecule has 0 bridgehead atoms. The summed E-state index contributed by atoms with van der Waals surface area (Å²) in [6, 6.07) is 8.04. The normalized spacial score (nSPS) is 19.6. The molecule has 0 spiro atoms. The lowest BCUT2D eigenvalue weighted by Crippen LogP contribution is -2.33. The third kappa shape index (κ3) is 2.47. The molecule has 0 aliphatic carbocycles. The first-order valence-electron chi connectivity index (χ1n) is 5.76. The predicted molar refractivity (Wildman–Crippen MR) is 71.8 cm³/mol. The summed E-state index contributed by atoms with van der Waals surface area (Å²) < 4.78 is 0. The number of rotatable bonds is 3. The van der Waals surface area contributed by atoms with Crippen LogP contribution in [0, 0.1) is 6.92 Å². The van der Waals surface area contributed by atoms with Gasteiger partial charge in [0.1, 0.15) is 6.04 Å². The molecule has 1 amide bonds. The van der Waals surface area contributed by atoms with Crippen LogP contribution in [-0.2, 0) is 11.2 Å². The molecule has 1 atom stereocenters. The lowest BCUT2D eigenvalue weighted by molar-refractivity contribution is -0.126. The quantitative estimate of drug-likeness (QED) is 0.825. The Morgan fingerprint density at radius 2 is 2.12 bits per heavy atom. The number of hydrogen-bond acceptors (Lipinski definition) is 2. The van der Waals surface area contributed by atoms with Crippen molar-refractivity contribution < 1.29 is 4.79 Å². The van der Waals surface area contributed by atoms with E-state index in [0.717, 1.165) is 6.42 Å². The van der Waals surface area contributed by atoms with Crippen LogP contribution in [0.4, 0.5) is 0 Å². The van der Waals surface area contributed by atoms with Crippen molar-refractivity contribution in [3.63, 3.8) is 0 Å². The molecule has 1 aliphatic heterocycles. The van der Waals surface area contributed by atoms with Crippen LogP contribution in [0.5, 0.6) is 0 Å². The molecular formula is C13H16N2OS. The molecule has 1 saturated heterocycles. The van der Waals surface area contributed by atoms with E-state index in [-0.39, 0.29) is 11.9 Å². The highest BCUT2D eigenvalue weighted by Gasteiger charge is 2.31. The summed E-state index contributed by atoms with van der Waals surface area (Å²) in [5.41, 5.74) is 2.52. The Morgan fingerprint density at radius 3 is 2.71 bits per heavy atom. The Labute approximate surface area is 107 Å². The maximum atomic E-state index is 11.8. The molecule has 17 heavy (non-hydrogen) atoms. The second kappa shape index (κ2) is 4.84. The van der Waals surface area contributed by atoms with Gasteiger partial charge in [-0.05, 0) is 43.6 Å². The van der Waals surface area contributed by atoms with Crippen LogP contribution in [0.1, 0.15) is 18.1 Å². The predicted octanol–water partition coefficient (Wildman–Crippen LogP) is 1.64. The van der Waals surface area contributed by atoms with Gasteiger partial charge in [0.2, 0.25) is 0 Å². The minimum Gasteiger partial charge on any atom is -0.351 e. The van der Waals surface area contributed by atoms with Gasteiger partial charge in [-0.3, -0.25) is 9.69 Å². The van der Waals surface area contributed by atoms with Crippen molar-refractivity contribution in [1.29, 1.82) is 0 Å². The average Bonchev–Trinajstić information content (AvgIpc) is 2.53. The molecule has 1 N–H and O–H groups in total. The number of amides is 1. The van der Waals surface area contributed by atoms with Crippen LogP contribution in [0.25, 0.3) is 0 Å². The Kier molecular flexibility index (Phi) is 3.43. The van der Waals surface area contributed by atoms with Gasteiger partial charge in [0.15, 0.2) is 5.11 Å². The number of carbonyl (C=O) groups is 1. The minimum absolute atomic E-state index is 0.0728. The molecular weight excluding hydrogens is 232 g/mol. The van der Waals surface area contributed by atoms with E-state index in [1.54, 1.807) is 4.90 Å². The fraction of sp³-hybridized carbons (Fsp3) is 0.385. The third-order valence-electron chi connectivity index (χ3n) is 3.09. The number of carbonyl (C=O) groups excluding carboxylic acids is 1. The zero-order chi connectivity index (χ0) is 12.4. The second-order valence-corrected chi connectivity index (χ2v) is 4.72. The fourth-order valence-corrected chi connectivity index (χ4v) is 2.35. The van der Waals surface area contributed by atoms with Gasteiger partial charge in [-0.25, -0.2) is 0 Å². The highest BCUT2D eigenvalue weighted by Crippen LogP contribution is 2.11. The topological polar surface area (TPSA) is 32.3 Å². The van der Waals surface area contributed by atoms with E-state index >= 15 is 0 Å². The zero-order valence-electron chi connectivity index (χ0n) is 10.1. The SMILES string of the molecule is Cc1ccccc1CCN1C(=O)[C@H](C)NC1=S. The molecule has 1 aromatic rings. The van der Waals surface area contributed by atoms with Crippen LogP contribution in [-0.4, -0.2) is 28.5 Å². The van der Waals surface area contributed by atoms with Gasteiger partial charge in [-0.15, -0.1) is 0 Å². The van der Waals surface area contributed by atoms with Crippen molar-refractivity contribution in [2.24, 2.45) is 0 Å². The van der Waals surface area contributed by atoms with E-state index in [9.17, 15) is 4.79 Å². The molecule has 1 aromatic carbocycles. The summed E-state index contributed by atoms with van der Waals surface area (Å²) in [6.07, 6.45) is 0.840. The smallest absolute Gasteiger partial charge is 0.251 e. The van der Waals surface area contributed by atoms with Gasteiger partial charge in [-0.1, -0.05) is 24.3 Å². The van der Waals surface area contributed by atoms with Gasteiger partial charge < -0.3 is 5.32 Å². The first kappa shape index (κ1) is 12.0. The monoisotopic (exact) mass is 248 g/mol. The van der Waals surface area contributed by atoms with Gasteiger partial charge in [-0.2, -0.15) is 0 Å². The molecule has 0 aromatic heterocycles. The maximum Gasteiger partial charge on any atom is 0.251 e. The fourth-order valence-electron chi connectivity index (χ4n) is 1.99. The number of nitrogens with zero attached hydrogens (tertiary/aromatic N) is 1. The van der Waals surface area contributed by atoms with E-state index in [4.69, 9.17) is 12.2 Å². The standard InChI is InChI=1S/C13H16N2OS/c1-9-5-3-4-6-11(9)7-8-15-12(16)10(2)14-13(15)17/h3-6,10H,7-8H2,1-2H3,(H,14,17)/t10-/m0/s1. The van der Waals surface area contributed by atoms with E-state index < -0.39 is 0 Å². The van der Waals surface area contributed by atoms with Gasteiger partial charge >= 0.3 is 0 Å². The molecule has 2 rings (SSSR count). The average molecular weight is 248 g/mol. The van der Waals surface area contributed by atoms with Crippen LogP contribution >= 0.6 is 12.2 Å². The van der Waals surface area contributed by atoms with E-state index in [1.807, 2.05) is 19.1 Å². The van der Waals surface area contributed by atoms with Crippen molar-refractivity contribution in [3.05, 3.63) is 35.4 Å². The summed E-state index contributed by atoms with van der Waals surface area (Å²) in [4.78, 5) is 13.5. The van der Waals surface area contributed by atoms with Gasteiger partial charge in [0, 0.05) is 6.54 Å². The summed E-state index contributed by atoms with van der Waals surface area (Å²) in [5.74, 6) is 0.0728. The van der Waals surface area contributed by atoms with Crippen LogP contribution in [0.3, 0.4) is 0 Å². The maximum absolute atomic E-state index is 11.8. The minimum atomic E-state index is -0.181. The van der Waals surface area contributed by atoms with Gasteiger partial charge in [0.25, 0.3) is 5.91 Å². The van der Waals surface area contributed by atoms with Crippen molar-refractivity contribution in [2.45, 2.75) is 26.3 Å². The van der Waals surface area contributed by atoms with Crippen LogP contribution in [0.2, 0.25) is 0 Å². The van der Waals surface area contributed by atoms with E-state index in [1.165, 1.54) is 11.1 Å². The highest BCUT2D eigenvalue weighted by molar-refractivity contribution is 7.80. The van der Waals surface area contributed by atoms with E-state index in [2.05, 4.69) is 24.4 Å². The molecule has 90 valence electrons. The number of thiocarbonyl (C=S) groups is 1. The van der Waals surface area contributed by atoms with Crippen LogP contribution in [0.15, 0.2) is 24.3 Å². The first-order valence-corrected chi connectivity index (χ1v) is 6.17. The lowest BCUT2D eigenvalue weighted by Gasteiger charge is -2.15. The Morgan fingerprint density at radius 1 is 1.41 bits per heavy atom. The Hall–Kier alpha value is -1.42. The molecule has 3 nitrogen and oxygen atoms in total. The third-order valence-corrected chi connectivity index (χ3v) is 3.43. The Balaban J connectivity index is 2.02. The van der Waals surface area contributed by atoms with Crippen molar-refractivity contribution in [1.82, 2.24) is 10.2 Å². The summed E-state index contributed by atoms with van der Waals surface area (Å²) in [7, 11) is 0. The molecule has 0 saturated carbocycles. The summed E-state index contributed by atoms with van der Waals surface area (Å²) in [5, 5.41) is 3.53. The zero-order valence-corrected chi connectivity index (χ0v) is 10.9. The number of hydrogen-bond donors (Lipinski definition) is 1.